The van der Waals surface area contributed by atoms with Gasteiger partial charge < -0.3 is 10.9 Å². The third-order valence-corrected chi connectivity index (χ3v) is 2.63. The van der Waals surface area contributed by atoms with Crippen LogP contribution in [-0.4, -0.2) is 5.91 Å². The number of hydrogen-bond acceptors (Lipinski definition) is 4. The Labute approximate surface area is 124 Å². The quantitative estimate of drug-likeness (QED) is 0.486. The lowest BCUT2D eigenvalue weighted by Gasteiger charge is -2.10. The topological polar surface area (TPSA) is 65.2 Å². The normalized spacial score (nSPS) is 10.6. The second-order valence-corrected chi connectivity index (χ2v) is 4.42. The number of benzene rings is 2. The zero-order valence-electron chi connectivity index (χ0n) is 11.8. The van der Waals surface area contributed by atoms with Gasteiger partial charge in [0.15, 0.2) is 0 Å². The second-order valence-electron chi connectivity index (χ2n) is 4.42. The van der Waals surface area contributed by atoms with Crippen LogP contribution in [0.4, 0.5) is 11.4 Å². The van der Waals surface area contributed by atoms with E-state index in [2.05, 4.69) is 21.7 Å². The molecule has 0 heterocycles. The Morgan fingerprint density at radius 1 is 0.810 bits per heavy atom. The summed E-state index contributed by atoms with van der Waals surface area (Å²) in [7, 11) is 0. The first-order chi connectivity index (χ1) is 10.2. The molecule has 0 aromatic heterocycles. The highest BCUT2D eigenvalue weighted by Gasteiger charge is 1.97. The molecule has 0 bridgehead atoms. The van der Waals surface area contributed by atoms with Crippen molar-refractivity contribution in [1.82, 2.24) is 10.9 Å². The Bertz CT molecular complexity index is 596. The molecule has 0 aliphatic rings. The highest BCUT2D eigenvalue weighted by molar-refractivity contribution is 5.88. The van der Waals surface area contributed by atoms with Crippen LogP contribution in [0.1, 0.15) is 6.92 Å². The lowest BCUT2D eigenvalue weighted by Crippen LogP contribution is -2.29. The van der Waals surface area contributed by atoms with Crippen molar-refractivity contribution in [3.63, 3.8) is 0 Å². The minimum atomic E-state index is -0.237. The summed E-state index contributed by atoms with van der Waals surface area (Å²) in [5, 5.41) is 0. The minimum Gasteiger partial charge on any atom is -0.305 e. The molecule has 2 aromatic rings. The van der Waals surface area contributed by atoms with Crippen molar-refractivity contribution < 1.29 is 4.79 Å². The van der Waals surface area contributed by atoms with Crippen LogP contribution < -0.4 is 21.7 Å². The number of para-hydroxylation sites is 2. The largest absolute Gasteiger partial charge is 0.305 e. The van der Waals surface area contributed by atoms with Crippen LogP contribution in [0.15, 0.2) is 72.4 Å². The van der Waals surface area contributed by atoms with E-state index in [0.29, 0.717) is 5.70 Å². The summed E-state index contributed by atoms with van der Waals surface area (Å²) in [6.45, 7) is 1.80. The minimum absolute atomic E-state index is 0.237. The number of carbonyl (C=O) groups excluding carboxylic acids is 1. The molecule has 2 rings (SSSR count). The Morgan fingerprint density at radius 2 is 1.29 bits per heavy atom. The molecular formula is C16H18N4O. The second kappa shape index (κ2) is 7.59. The first kappa shape index (κ1) is 14.5. The summed E-state index contributed by atoms with van der Waals surface area (Å²) in [5.74, 6) is -0.237. The van der Waals surface area contributed by atoms with Crippen LogP contribution >= 0.6 is 0 Å². The van der Waals surface area contributed by atoms with Gasteiger partial charge in [0.2, 0.25) is 0 Å². The molecule has 4 N–H and O–H groups in total. The number of allylic oxidation sites excluding steroid dienone is 1. The third-order valence-electron chi connectivity index (χ3n) is 2.63. The highest BCUT2D eigenvalue weighted by Crippen LogP contribution is 2.04. The maximum Gasteiger partial charge on any atom is 0.264 e. The van der Waals surface area contributed by atoms with Gasteiger partial charge in [-0.1, -0.05) is 36.4 Å². The van der Waals surface area contributed by atoms with Crippen LogP contribution in [0.5, 0.6) is 0 Å². The standard InChI is InChI=1S/C16H18N4O/c1-13(17-18-14-8-4-2-5-9-14)12-16(21)20-19-15-10-6-3-7-11-15/h2-12,17-19H,1H3,(H,20,21). The summed E-state index contributed by atoms with van der Waals surface area (Å²) in [4.78, 5) is 11.7. The van der Waals surface area contributed by atoms with Gasteiger partial charge in [-0.05, 0) is 31.2 Å². The van der Waals surface area contributed by atoms with Crippen molar-refractivity contribution in [3.05, 3.63) is 72.4 Å². The monoisotopic (exact) mass is 282 g/mol. The maximum absolute atomic E-state index is 11.7. The summed E-state index contributed by atoms with van der Waals surface area (Å²) in [5.41, 5.74) is 13.8. The Morgan fingerprint density at radius 3 is 1.81 bits per heavy atom. The molecule has 0 atom stereocenters. The first-order valence-corrected chi connectivity index (χ1v) is 6.60. The fourth-order valence-electron chi connectivity index (χ4n) is 1.62. The zero-order valence-corrected chi connectivity index (χ0v) is 11.8. The predicted molar refractivity (Wildman–Crippen MR) is 85.2 cm³/mol. The van der Waals surface area contributed by atoms with Gasteiger partial charge >= 0.3 is 0 Å². The van der Waals surface area contributed by atoms with Gasteiger partial charge in [-0.2, -0.15) is 0 Å². The molecule has 0 fully saturated rings. The summed E-state index contributed by atoms with van der Waals surface area (Å²) in [6, 6.07) is 19.1. The number of carbonyl (C=O) groups is 1. The van der Waals surface area contributed by atoms with E-state index in [1.165, 1.54) is 6.08 Å². The first-order valence-electron chi connectivity index (χ1n) is 6.60. The molecule has 0 radical (unpaired) electrons. The van der Waals surface area contributed by atoms with Crippen molar-refractivity contribution in [2.75, 3.05) is 10.9 Å². The summed E-state index contributed by atoms with van der Waals surface area (Å²) < 4.78 is 0. The van der Waals surface area contributed by atoms with E-state index in [-0.39, 0.29) is 5.91 Å². The number of rotatable bonds is 6. The van der Waals surface area contributed by atoms with E-state index in [1.807, 2.05) is 60.7 Å². The fourth-order valence-corrected chi connectivity index (χ4v) is 1.62. The molecule has 5 nitrogen and oxygen atoms in total. The smallest absolute Gasteiger partial charge is 0.264 e. The molecule has 5 heteroatoms. The molecule has 21 heavy (non-hydrogen) atoms. The van der Waals surface area contributed by atoms with Crippen LogP contribution in [0.3, 0.4) is 0 Å². The van der Waals surface area contributed by atoms with E-state index < -0.39 is 0 Å². The van der Waals surface area contributed by atoms with Gasteiger partial charge in [0.25, 0.3) is 5.91 Å². The van der Waals surface area contributed by atoms with Gasteiger partial charge in [0.05, 0.1) is 11.4 Å². The number of hydrogen-bond donors (Lipinski definition) is 4. The zero-order chi connectivity index (χ0) is 14.9. The van der Waals surface area contributed by atoms with E-state index in [0.717, 1.165) is 11.4 Å². The number of nitrogens with one attached hydrogen (secondary N) is 4. The lowest BCUT2D eigenvalue weighted by atomic mass is 10.3. The molecule has 0 saturated carbocycles. The number of amides is 1. The van der Waals surface area contributed by atoms with Gasteiger partial charge in [0, 0.05) is 11.8 Å². The number of hydrazine groups is 2. The predicted octanol–water partition coefficient (Wildman–Crippen LogP) is 2.65. The average molecular weight is 282 g/mol. The molecule has 1 amide bonds. The summed E-state index contributed by atoms with van der Waals surface area (Å²) in [6.07, 6.45) is 1.46. The number of anilines is 2. The van der Waals surface area contributed by atoms with Crippen molar-refractivity contribution >= 4 is 17.3 Å². The molecule has 0 spiro atoms. The van der Waals surface area contributed by atoms with Crippen molar-refractivity contribution in [1.29, 1.82) is 0 Å². The average Bonchev–Trinajstić information content (AvgIpc) is 2.53. The molecule has 108 valence electrons. The van der Waals surface area contributed by atoms with Gasteiger partial charge in [-0.15, -0.1) is 0 Å². The van der Waals surface area contributed by atoms with Crippen LogP contribution in [0, 0.1) is 0 Å². The fraction of sp³-hybridized carbons (Fsp3) is 0.0625. The molecule has 0 aliphatic heterocycles. The van der Waals surface area contributed by atoms with Gasteiger partial charge in [-0.25, -0.2) is 0 Å². The van der Waals surface area contributed by atoms with E-state index in [4.69, 9.17) is 0 Å². The van der Waals surface area contributed by atoms with Crippen molar-refractivity contribution in [2.24, 2.45) is 0 Å². The molecule has 0 saturated heterocycles. The van der Waals surface area contributed by atoms with Gasteiger partial charge in [-0.3, -0.25) is 15.6 Å². The van der Waals surface area contributed by atoms with E-state index in [9.17, 15) is 4.79 Å². The maximum atomic E-state index is 11.7. The van der Waals surface area contributed by atoms with Crippen LogP contribution in [0.25, 0.3) is 0 Å². The van der Waals surface area contributed by atoms with Crippen molar-refractivity contribution in [2.45, 2.75) is 6.92 Å². The van der Waals surface area contributed by atoms with Gasteiger partial charge in [0.1, 0.15) is 0 Å². The molecule has 0 unspecified atom stereocenters. The molecular weight excluding hydrogens is 264 g/mol. The Balaban J connectivity index is 1.77. The van der Waals surface area contributed by atoms with Crippen LogP contribution in [-0.2, 0) is 4.79 Å². The van der Waals surface area contributed by atoms with E-state index >= 15 is 0 Å². The highest BCUT2D eigenvalue weighted by atomic mass is 16.2. The SMILES string of the molecule is CC(=CC(=O)NNc1ccccc1)NNc1ccccc1. The lowest BCUT2D eigenvalue weighted by molar-refractivity contribution is -0.116. The van der Waals surface area contributed by atoms with Crippen molar-refractivity contribution in [3.8, 4) is 0 Å². The van der Waals surface area contributed by atoms with Crippen LogP contribution in [0.2, 0.25) is 0 Å². The molecule has 2 aromatic carbocycles. The Kier molecular flexibility index (Phi) is 5.23. The Hall–Kier alpha value is -2.95. The van der Waals surface area contributed by atoms with E-state index in [1.54, 1.807) is 6.92 Å². The molecule has 0 aliphatic carbocycles. The third kappa shape index (κ3) is 5.28. The summed E-state index contributed by atoms with van der Waals surface area (Å²) >= 11 is 0.